The number of rotatable bonds is 1. The van der Waals surface area contributed by atoms with Crippen molar-refractivity contribution in [2.45, 2.75) is 6.61 Å². The molecule has 0 amide bonds. The van der Waals surface area contributed by atoms with Crippen molar-refractivity contribution >= 4 is 40.5 Å². The lowest BCUT2D eigenvalue weighted by Crippen LogP contribution is -1.98. The van der Waals surface area contributed by atoms with E-state index >= 15 is 0 Å². The van der Waals surface area contributed by atoms with Crippen LogP contribution in [0.2, 0.25) is 15.2 Å². The number of nitrogen functional groups attached to an aromatic ring is 1. The molecule has 0 fully saturated rings. The summed E-state index contributed by atoms with van der Waals surface area (Å²) in [7, 11) is 0. The highest BCUT2D eigenvalue weighted by Gasteiger charge is 2.12. The molecule has 6 heteroatoms. The van der Waals surface area contributed by atoms with Gasteiger partial charge in [-0.2, -0.15) is 0 Å². The Balaban J connectivity index is 3.39. The van der Waals surface area contributed by atoms with Crippen LogP contribution >= 0.6 is 34.8 Å². The molecule has 0 saturated carbocycles. The largest absolute Gasteiger partial charge is 0.396 e. The van der Waals surface area contributed by atoms with Gasteiger partial charge in [0.15, 0.2) is 0 Å². The average molecular weight is 227 g/mol. The summed E-state index contributed by atoms with van der Waals surface area (Å²) in [5, 5.41) is 9.05. The van der Waals surface area contributed by atoms with Crippen LogP contribution in [-0.2, 0) is 6.61 Å². The van der Waals surface area contributed by atoms with Crippen molar-refractivity contribution in [3.05, 3.63) is 20.9 Å². The van der Waals surface area contributed by atoms with Crippen LogP contribution in [0.3, 0.4) is 0 Å². The number of aliphatic hydroxyl groups is 1. The predicted octanol–water partition coefficient (Wildman–Crippen LogP) is 2.12. The Hall–Kier alpha value is -0.220. The normalized spacial score (nSPS) is 10.3. The SMILES string of the molecule is Nc1c(Cl)c(Cl)nc(CO)c1Cl. The maximum Gasteiger partial charge on any atom is 0.150 e. The molecule has 0 aliphatic rings. The first-order valence-electron chi connectivity index (χ1n) is 2.97. The smallest absolute Gasteiger partial charge is 0.150 e. The quantitative estimate of drug-likeness (QED) is 0.723. The van der Waals surface area contributed by atoms with Crippen molar-refractivity contribution in [2.75, 3.05) is 5.73 Å². The fraction of sp³-hybridized carbons (Fsp3) is 0.167. The number of pyridine rings is 1. The monoisotopic (exact) mass is 226 g/mol. The molecule has 1 rings (SSSR count). The summed E-state index contributed by atoms with van der Waals surface area (Å²) in [6.07, 6.45) is 0. The van der Waals surface area contributed by atoms with Gasteiger partial charge in [-0.3, -0.25) is 0 Å². The number of halogens is 3. The molecule has 0 aliphatic carbocycles. The van der Waals surface area contributed by atoms with E-state index in [1.807, 2.05) is 0 Å². The molecule has 0 unspecified atom stereocenters. The topological polar surface area (TPSA) is 59.1 Å². The van der Waals surface area contributed by atoms with Crippen molar-refractivity contribution in [2.24, 2.45) is 0 Å². The molecule has 0 aromatic carbocycles. The van der Waals surface area contributed by atoms with Gasteiger partial charge in [-0.1, -0.05) is 34.8 Å². The number of anilines is 1. The van der Waals surface area contributed by atoms with Crippen molar-refractivity contribution < 1.29 is 5.11 Å². The van der Waals surface area contributed by atoms with E-state index < -0.39 is 0 Å². The zero-order chi connectivity index (χ0) is 9.30. The number of aromatic nitrogens is 1. The van der Waals surface area contributed by atoms with Gasteiger partial charge in [-0.15, -0.1) is 0 Å². The third-order valence-corrected chi connectivity index (χ3v) is 2.46. The molecule has 0 radical (unpaired) electrons. The minimum absolute atomic E-state index is 0.0441. The first-order chi connectivity index (χ1) is 5.57. The highest BCUT2D eigenvalue weighted by Crippen LogP contribution is 2.34. The summed E-state index contributed by atoms with van der Waals surface area (Å²) < 4.78 is 0. The Morgan fingerprint density at radius 2 is 1.83 bits per heavy atom. The van der Waals surface area contributed by atoms with Gasteiger partial charge in [0.1, 0.15) is 10.2 Å². The Morgan fingerprint density at radius 1 is 1.25 bits per heavy atom. The molecule has 3 N–H and O–H groups in total. The number of hydrogen-bond donors (Lipinski definition) is 2. The van der Waals surface area contributed by atoms with Crippen LogP contribution in [0.15, 0.2) is 0 Å². The van der Waals surface area contributed by atoms with E-state index in [2.05, 4.69) is 4.98 Å². The number of aliphatic hydroxyl groups excluding tert-OH is 1. The summed E-state index contributed by atoms with van der Waals surface area (Å²) in [6, 6.07) is 0. The zero-order valence-electron chi connectivity index (χ0n) is 5.81. The average Bonchev–Trinajstić information content (AvgIpc) is 2.08. The first-order valence-corrected chi connectivity index (χ1v) is 4.11. The summed E-state index contributed by atoms with van der Waals surface area (Å²) in [5.74, 6) is 0. The van der Waals surface area contributed by atoms with E-state index in [1.54, 1.807) is 0 Å². The second-order valence-electron chi connectivity index (χ2n) is 2.05. The highest BCUT2D eigenvalue weighted by molar-refractivity contribution is 6.45. The van der Waals surface area contributed by atoms with Crippen molar-refractivity contribution in [3.63, 3.8) is 0 Å². The molecule has 1 aromatic rings. The van der Waals surface area contributed by atoms with Crippen molar-refractivity contribution in [1.29, 1.82) is 0 Å². The second kappa shape index (κ2) is 3.66. The van der Waals surface area contributed by atoms with E-state index in [-0.39, 0.29) is 33.2 Å². The van der Waals surface area contributed by atoms with Gasteiger partial charge in [0, 0.05) is 0 Å². The van der Waals surface area contributed by atoms with Gasteiger partial charge in [0.25, 0.3) is 0 Å². The van der Waals surface area contributed by atoms with Gasteiger partial charge >= 0.3 is 0 Å². The summed E-state index contributed by atoms with van der Waals surface area (Å²) in [5.41, 5.74) is 5.83. The van der Waals surface area contributed by atoms with Crippen LogP contribution in [0, 0.1) is 0 Å². The van der Waals surface area contributed by atoms with E-state index in [9.17, 15) is 0 Å². The third kappa shape index (κ3) is 1.59. The molecule has 0 saturated heterocycles. The summed E-state index contributed by atoms with van der Waals surface area (Å²) in [6.45, 7) is -0.320. The lowest BCUT2D eigenvalue weighted by Gasteiger charge is -2.06. The Bertz CT molecular complexity index is 316. The molecule has 0 atom stereocenters. The molecule has 1 aromatic heterocycles. The molecule has 0 aliphatic heterocycles. The lowest BCUT2D eigenvalue weighted by atomic mass is 10.3. The molecular formula is C6H5Cl3N2O. The minimum atomic E-state index is -0.320. The van der Waals surface area contributed by atoms with Crippen LogP contribution in [0.5, 0.6) is 0 Å². The fourth-order valence-electron chi connectivity index (χ4n) is 0.684. The third-order valence-electron chi connectivity index (χ3n) is 1.29. The van der Waals surface area contributed by atoms with Crippen molar-refractivity contribution in [3.8, 4) is 0 Å². The summed E-state index contributed by atoms with van der Waals surface area (Å²) in [4.78, 5) is 3.72. The maximum atomic E-state index is 8.75. The van der Waals surface area contributed by atoms with Crippen LogP contribution in [-0.4, -0.2) is 10.1 Å². The second-order valence-corrected chi connectivity index (χ2v) is 3.16. The molecule has 0 bridgehead atoms. The fourth-order valence-corrected chi connectivity index (χ4v) is 1.27. The van der Waals surface area contributed by atoms with Gasteiger partial charge in [-0.05, 0) is 0 Å². The maximum absolute atomic E-state index is 8.75. The molecule has 66 valence electrons. The lowest BCUT2D eigenvalue weighted by molar-refractivity contribution is 0.277. The summed E-state index contributed by atoms with van der Waals surface area (Å²) >= 11 is 16.9. The Morgan fingerprint density at radius 3 is 2.33 bits per heavy atom. The first kappa shape index (κ1) is 9.86. The zero-order valence-corrected chi connectivity index (χ0v) is 8.08. The number of hydrogen-bond acceptors (Lipinski definition) is 3. The van der Waals surface area contributed by atoms with Gasteiger partial charge in [-0.25, -0.2) is 4.98 Å². The van der Waals surface area contributed by atoms with Crippen molar-refractivity contribution in [1.82, 2.24) is 4.98 Å². The molecule has 12 heavy (non-hydrogen) atoms. The predicted molar refractivity (Wildman–Crippen MR) is 49.6 cm³/mol. The molecule has 1 heterocycles. The number of nitrogens with zero attached hydrogens (tertiary/aromatic N) is 1. The number of nitrogens with two attached hydrogens (primary N) is 1. The van der Waals surface area contributed by atoms with Crippen LogP contribution in [0.4, 0.5) is 5.69 Å². The highest BCUT2D eigenvalue weighted by atomic mass is 35.5. The molecule has 3 nitrogen and oxygen atoms in total. The Labute approximate surface area is 84.1 Å². The van der Waals surface area contributed by atoms with E-state index in [4.69, 9.17) is 45.6 Å². The van der Waals surface area contributed by atoms with E-state index in [1.165, 1.54) is 0 Å². The van der Waals surface area contributed by atoms with Gasteiger partial charge in [0.2, 0.25) is 0 Å². The Kier molecular flexibility index (Phi) is 3.01. The van der Waals surface area contributed by atoms with Crippen LogP contribution in [0.25, 0.3) is 0 Å². The molecular weight excluding hydrogens is 222 g/mol. The van der Waals surface area contributed by atoms with Crippen LogP contribution in [0.1, 0.15) is 5.69 Å². The van der Waals surface area contributed by atoms with Gasteiger partial charge in [0.05, 0.1) is 23.0 Å². The van der Waals surface area contributed by atoms with Crippen LogP contribution < -0.4 is 5.73 Å². The minimum Gasteiger partial charge on any atom is -0.396 e. The van der Waals surface area contributed by atoms with E-state index in [0.29, 0.717) is 0 Å². The van der Waals surface area contributed by atoms with E-state index in [0.717, 1.165) is 0 Å². The van der Waals surface area contributed by atoms with Gasteiger partial charge < -0.3 is 10.8 Å². The standard InChI is InChI=1S/C6H5Cl3N2O/c7-3-2(1-12)11-6(9)4(8)5(3)10/h12H,1H2,(H2,10,11). The molecule has 0 spiro atoms.